The molecule has 126 valence electrons. The monoisotopic (exact) mass is 326 g/mol. The Bertz CT molecular complexity index is 848. The highest BCUT2D eigenvalue weighted by atomic mass is 16.3. The largest absolute Gasteiger partial charge is 0.451 e. The molecule has 0 saturated carbocycles. The molecule has 2 heterocycles. The van der Waals surface area contributed by atoms with E-state index in [1.165, 1.54) is 0 Å². The first-order valence-corrected chi connectivity index (χ1v) is 7.97. The van der Waals surface area contributed by atoms with Crippen molar-refractivity contribution < 1.29 is 9.21 Å². The number of carbonyl (C=O) groups is 1. The second-order valence-electron chi connectivity index (χ2n) is 6.18. The fourth-order valence-corrected chi connectivity index (χ4v) is 2.71. The summed E-state index contributed by atoms with van der Waals surface area (Å²) in [5.74, 6) is 0.202. The second-order valence-corrected chi connectivity index (χ2v) is 6.18. The number of aromatic nitrogens is 2. The van der Waals surface area contributed by atoms with Crippen LogP contribution in [-0.2, 0) is 13.1 Å². The number of amides is 1. The number of para-hydroxylation sites is 1. The third kappa shape index (κ3) is 3.49. The number of rotatable bonds is 6. The molecule has 0 aliphatic rings. The molecule has 0 atom stereocenters. The van der Waals surface area contributed by atoms with Gasteiger partial charge in [-0.3, -0.25) is 9.48 Å². The quantitative estimate of drug-likeness (QED) is 0.756. The average Bonchev–Trinajstić information content (AvgIpc) is 3.11. The molecule has 0 unspecified atom stereocenters. The molecule has 0 radical (unpaired) electrons. The van der Waals surface area contributed by atoms with Crippen LogP contribution in [0.25, 0.3) is 11.0 Å². The highest BCUT2D eigenvalue weighted by Crippen LogP contribution is 2.26. The maximum Gasteiger partial charge on any atom is 0.287 e. The number of nitrogens with zero attached hydrogens (tertiary/aromatic N) is 3. The lowest BCUT2D eigenvalue weighted by atomic mass is 10.1. The highest BCUT2D eigenvalue weighted by Gasteiger charge is 2.20. The third-order valence-corrected chi connectivity index (χ3v) is 3.77. The summed E-state index contributed by atoms with van der Waals surface area (Å²) in [6.07, 6.45) is 3.75. The third-order valence-electron chi connectivity index (χ3n) is 3.77. The van der Waals surface area contributed by atoms with Crippen molar-refractivity contribution in [2.75, 3.05) is 20.6 Å². The molecule has 0 fully saturated rings. The van der Waals surface area contributed by atoms with Crippen molar-refractivity contribution >= 4 is 16.9 Å². The van der Waals surface area contributed by atoms with Crippen LogP contribution in [0.2, 0.25) is 0 Å². The van der Waals surface area contributed by atoms with Crippen LogP contribution in [0.5, 0.6) is 0 Å². The Hall–Kier alpha value is -2.60. The normalized spacial score (nSPS) is 11.3. The minimum atomic E-state index is -0.188. The molecule has 3 rings (SSSR count). The number of carbonyl (C=O) groups excluding carboxylic acids is 1. The lowest BCUT2D eigenvalue weighted by Crippen LogP contribution is -2.28. The van der Waals surface area contributed by atoms with Crippen molar-refractivity contribution in [2.45, 2.75) is 20.0 Å². The number of fused-ring (bicyclic) bond motifs is 1. The summed E-state index contributed by atoms with van der Waals surface area (Å²) < 4.78 is 7.62. The fraction of sp³-hybridized carbons (Fsp3) is 0.333. The number of hydrogen-bond acceptors (Lipinski definition) is 4. The minimum absolute atomic E-state index is 0.188. The summed E-state index contributed by atoms with van der Waals surface area (Å²) in [6.45, 7) is 3.77. The molecule has 1 aromatic carbocycles. The summed E-state index contributed by atoms with van der Waals surface area (Å²) in [4.78, 5) is 14.6. The van der Waals surface area contributed by atoms with E-state index in [-0.39, 0.29) is 5.91 Å². The van der Waals surface area contributed by atoms with E-state index in [0.717, 1.165) is 22.1 Å². The van der Waals surface area contributed by atoms with Gasteiger partial charge in [-0.15, -0.1) is 0 Å². The van der Waals surface area contributed by atoms with E-state index in [4.69, 9.17) is 4.42 Å². The van der Waals surface area contributed by atoms with Gasteiger partial charge in [0.15, 0.2) is 5.76 Å². The second kappa shape index (κ2) is 6.88. The molecule has 0 bridgehead atoms. The summed E-state index contributed by atoms with van der Waals surface area (Å²) in [6, 6.07) is 7.74. The van der Waals surface area contributed by atoms with Gasteiger partial charge in [0.25, 0.3) is 5.91 Å². The number of furan rings is 1. The zero-order chi connectivity index (χ0) is 17.1. The lowest BCUT2D eigenvalue weighted by molar-refractivity contribution is 0.0924. The van der Waals surface area contributed by atoms with Crippen LogP contribution in [0.15, 0.2) is 41.1 Å². The Morgan fingerprint density at radius 3 is 2.83 bits per heavy atom. The van der Waals surface area contributed by atoms with Gasteiger partial charge >= 0.3 is 0 Å². The van der Waals surface area contributed by atoms with E-state index in [2.05, 4.69) is 10.4 Å². The molecule has 0 spiro atoms. The fourth-order valence-electron chi connectivity index (χ4n) is 2.71. The van der Waals surface area contributed by atoms with Crippen LogP contribution >= 0.6 is 0 Å². The molecular weight excluding hydrogens is 304 g/mol. The van der Waals surface area contributed by atoms with Crippen LogP contribution in [0, 0.1) is 6.92 Å². The van der Waals surface area contributed by atoms with E-state index in [1.807, 2.05) is 61.1 Å². The first-order chi connectivity index (χ1) is 11.5. The van der Waals surface area contributed by atoms with Gasteiger partial charge < -0.3 is 14.6 Å². The first-order valence-electron chi connectivity index (χ1n) is 7.97. The van der Waals surface area contributed by atoms with Crippen molar-refractivity contribution in [3.05, 3.63) is 53.5 Å². The topological polar surface area (TPSA) is 63.3 Å². The van der Waals surface area contributed by atoms with Gasteiger partial charge in [0.2, 0.25) is 0 Å². The van der Waals surface area contributed by atoms with Crippen molar-refractivity contribution in [1.82, 2.24) is 20.0 Å². The van der Waals surface area contributed by atoms with Gasteiger partial charge in [-0.1, -0.05) is 18.2 Å². The van der Waals surface area contributed by atoms with Gasteiger partial charge in [-0.2, -0.15) is 5.10 Å². The van der Waals surface area contributed by atoms with Crippen LogP contribution in [0.3, 0.4) is 0 Å². The predicted octanol–water partition coefficient (Wildman–Crippen LogP) is 2.43. The summed E-state index contributed by atoms with van der Waals surface area (Å²) in [7, 11) is 3.95. The van der Waals surface area contributed by atoms with Crippen molar-refractivity contribution in [3.8, 4) is 0 Å². The maximum absolute atomic E-state index is 12.6. The van der Waals surface area contributed by atoms with Gasteiger partial charge in [0.1, 0.15) is 5.58 Å². The first kappa shape index (κ1) is 16.3. The highest BCUT2D eigenvalue weighted by molar-refractivity contribution is 5.99. The number of hydrogen-bond donors (Lipinski definition) is 1. The molecule has 0 aliphatic carbocycles. The van der Waals surface area contributed by atoms with Crippen molar-refractivity contribution in [2.24, 2.45) is 0 Å². The van der Waals surface area contributed by atoms with E-state index in [0.29, 0.717) is 25.4 Å². The molecule has 1 amide bonds. The SMILES string of the molecule is Cc1cnn(CCNC(=O)c2oc3ccccc3c2CN(C)C)c1. The van der Waals surface area contributed by atoms with Crippen LogP contribution in [0.4, 0.5) is 0 Å². The lowest BCUT2D eigenvalue weighted by Gasteiger charge is -2.10. The van der Waals surface area contributed by atoms with Crippen LogP contribution in [-0.4, -0.2) is 41.2 Å². The minimum Gasteiger partial charge on any atom is -0.451 e. The number of nitrogens with one attached hydrogen (secondary N) is 1. The van der Waals surface area contributed by atoms with E-state index >= 15 is 0 Å². The Kier molecular flexibility index (Phi) is 4.66. The molecule has 0 saturated heterocycles. The Morgan fingerprint density at radius 2 is 2.12 bits per heavy atom. The van der Waals surface area contributed by atoms with Crippen LogP contribution < -0.4 is 5.32 Å². The molecule has 6 heteroatoms. The molecule has 3 aromatic rings. The number of benzene rings is 1. The van der Waals surface area contributed by atoms with Gasteiger partial charge in [0.05, 0.1) is 12.7 Å². The van der Waals surface area contributed by atoms with Gasteiger partial charge in [-0.05, 0) is 32.6 Å². The van der Waals surface area contributed by atoms with Gasteiger partial charge in [-0.25, -0.2) is 0 Å². The standard InChI is InChI=1S/C18H22N4O2/c1-13-10-20-22(11-13)9-8-19-18(23)17-15(12-21(2)3)14-6-4-5-7-16(14)24-17/h4-7,10-11H,8-9,12H2,1-3H3,(H,19,23). The summed E-state index contributed by atoms with van der Waals surface area (Å²) in [5.41, 5.74) is 2.76. The zero-order valence-corrected chi connectivity index (χ0v) is 14.2. The molecule has 24 heavy (non-hydrogen) atoms. The smallest absolute Gasteiger partial charge is 0.287 e. The van der Waals surface area contributed by atoms with Crippen molar-refractivity contribution in [3.63, 3.8) is 0 Å². The molecule has 2 aromatic heterocycles. The average molecular weight is 326 g/mol. The molecular formula is C18H22N4O2. The van der Waals surface area contributed by atoms with Crippen LogP contribution in [0.1, 0.15) is 21.7 Å². The Morgan fingerprint density at radius 1 is 1.33 bits per heavy atom. The summed E-state index contributed by atoms with van der Waals surface area (Å²) in [5, 5.41) is 8.12. The Labute approximate surface area is 141 Å². The Balaban J connectivity index is 1.75. The van der Waals surface area contributed by atoms with E-state index in [1.54, 1.807) is 6.20 Å². The molecule has 1 N–H and O–H groups in total. The van der Waals surface area contributed by atoms with Gasteiger partial charge in [0, 0.05) is 30.2 Å². The maximum atomic E-state index is 12.6. The van der Waals surface area contributed by atoms with E-state index in [9.17, 15) is 4.79 Å². The molecule has 6 nitrogen and oxygen atoms in total. The van der Waals surface area contributed by atoms with Crippen molar-refractivity contribution in [1.29, 1.82) is 0 Å². The summed E-state index contributed by atoms with van der Waals surface area (Å²) >= 11 is 0. The zero-order valence-electron chi connectivity index (χ0n) is 14.2. The molecule has 0 aliphatic heterocycles. The number of aryl methyl sites for hydroxylation is 1. The van der Waals surface area contributed by atoms with E-state index < -0.39 is 0 Å². The predicted molar refractivity (Wildman–Crippen MR) is 92.9 cm³/mol.